The number of carbonyl (C=O) groups is 2. The van der Waals surface area contributed by atoms with Crippen LogP contribution in [0, 0.1) is 0 Å². The molecule has 0 atom stereocenters. The quantitative estimate of drug-likeness (QED) is 0.358. The van der Waals surface area contributed by atoms with Crippen LogP contribution in [0.2, 0.25) is 0 Å². The smallest absolute Gasteiger partial charge is 0.330 e. The van der Waals surface area contributed by atoms with Gasteiger partial charge in [0.15, 0.2) is 5.78 Å². The van der Waals surface area contributed by atoms with Crippen molar-refractivity contribution in [3.05, 3.63) is 12.2 Å². The summed E-state index contributed by atoms with van der Waals surface area (Å²) < 4.78 is 4.37. The lowest BCUT2D eigenvalue weighted by atomic mass is 10.1. The average molecular weight is 198 g/mol. The highest BCUT2D eigenvalue weighted by Crippen LogP contribution is 2.03. The Bertz CT molecular complexity index is 207. The second-order valence-electron chi connectivity index (χ2n) is 3.13. The highest BCUT2D eigenvalue weighted by molar-refractivity contribution is 5.95. The summed E-state index contributed by atoms with van der Waals surface area (Å²) in [4.78, 5) is 21.8. The summed E-state index contributed by atoms with van der Waals surface area (Å²) in [5, 5.41) is 0. The Morgan fingerprint density at radius 2 is 1.86 bits per heavy atom. The molecule has 0 unspecified atom stereocenters. The first-order valence-corrected chi connectivity index (χ1v) is 4.99. The number of esters is 1. The van der Waals surface area contributed by atoms with E-state index < -0.39 is 5.97 Å². The van der Waals surface area contributed by atoms with Crippen LogP contribution in [-0.4, -0.2) is 18.9 Å². The molecule has 0 aromatic rings. The monoisotopic (exact) mass is 198 g/mol. The van der Waals surface area contributed by atoms with Gasteiger partial charge in [-0.3, -0.25) is 4.79 Å². The van der Waals surface area contributed by atoms with E-state index in [0.717, 1.165) is 25.7 Å². The van der Waals surface area contributed by atoms with Crippen LogP contribution in [0.3, 0.4) is 0 Å². The van der Waals surface area contributed by atoms with Gasteiger partial charge >= 0.3 is 5.97 Å². The lowest BCUT2D eigenvalue weighted by molar-refractivity contribution is -0.135. The van der Waals surface area contributed by atoms with E-state index >= 15 is 0 Å². The average Bonchev–Trinajstić information content (AvgIpc) is 2.21. The molecular formula is C11H18O3. The van der Waals surface area contributed by atoms with Crippen molar-refractivity contribution < 1.29 is 14.3 Å². The maximum atomic E-state index is 11.1. The van der Waals surface area contributed by atoms with E-state index in [1.54, 1.807) is 0 Å². The first-order valence-electron chi connectivity index (χ1n) is 4.99. The van der Waals surface area contributed by atoms with Crippen LogP contribution in [0.25, 0.3) is 0 Å². The molecule has 0 amide bonds. The van der Waals surface area contributed by atoms with Gasteiger partial charge in [-0.15, -0.1) is 0 Å². The second-order valence-corrected chi connectivity index (χ2v) is 3.13. The van der Waals surface area contributed by atoms with Crippen LogP contribution in [0.4, 0.5) is 0 Å². The van der Waals surface area contributed by atoms with E-state index in [9.17, 15) is 9.59 Å². The molecule has 0 aliphatic heterocycles. The summed E-state index contributed by atoms with van der Waals surface area (Å²) in [6, 6.07) is 0. The Kier molecular flexibility index (Phi) is 7.80. The van der Waals surface area contributed by atoms with Gasteiger partial charge in [0.2, 0.25) is 0 Å². The van der Waals surface area contributed by atoms with E-state index in [0.29, 0.717) is 6.42 Å². The molecule has 0 heterocycles. The third-order valence-corrected chi connectivity index (χ3v) is 1.88. The van der Waals surface area contributed by atoms with Crippen molar-refractivity contribution in [1.29, 1.82) is 0 Å². The first kappa shape index (κ1) is 12.9. The SMILES string of the molecule is CCCCCCC(=O)/C=C/C(=O)OC. The van der Waals surface area contributed by atoms with Crippen LogP contribution < -0.4 is 0 Å². The summed E-state index contributed by atoms with van der Waals surface area (Å²) in [5.41, 5.74) is 0. The molecule has 3 nitrogen and oxygen atoms in total. The van der Waals surface area contributed by atoms with E-state index in [4.69, 9.17) is 0 Å². The maximum Gasteiger partial charge on any atom is 0.330 e. The van der Waals surface area contributed by atoms with Gasteiger partial charge in [0.25, 0.3) is 0 Å². The predicted octanol–water partition coefficient (Wildman–Crippen LogP) is 2.26. The van der Waals surface area contributed by atoms with Gasteiger partial charge in [-0.2, -0.15) is 0 Å². The summed E-state index contributed by atoms with van der Waals surface area (Å²) in [5.74, 6) is -0.488. The number of hydrogen-bond donors (Lipinski definition) is 0. The Morgan fingerprint density at radius 3 is 2.43 bits per heavy atom. The normalized spacial score (nSPS) is 10.4. The van der Waals surface area contributed by atoms with Crippen molar-refractivity contribution in [2.75, 3.05) is 7.11 Å². The van der Waals surface area contributed by atoms with E-state index in [2.05, 4.69) is 11.7 Å². The molecule has 0 aliphatic rings. The van der Waals surface area contributed by atoms with Gasteiger partial charge in [0, 0.05) is 12.5 Å². The number of hydrogen-bond acceptors (Lipinski definition) is 3. The standard InChI is InChI=1S/C11H18O3/c1-3-4-5-6-7-10(12)8-9-11(13)14-2/h8-9H,3-7H2,1-2H3/b9-8+. The Morgan fingerprint density at radius 1 is 1.14 bits per heavy atom. The molecule has 80 valence electrons. The molecule has 0 fully saturated rings. The largest absolute Gasteiger partial charge is 0.466 e. The molecule has 0 saturated heterocycles. The van der Waals surface area contributed by atoms with Crippen LogP contribution >= 0.6 is 0 Å². The summed E-state index contributed by atoms with van der Waals surface area (Å²) in [6.07, 6.45) is 7.28. The second kappa shape index (κ2) is 8.48. The minimum Gasteiger partial charge on any atom is -0.466 e. The molecule has 0 N–H and O–H groups in total. The highest BCUT2D eigenvalue weighted by Gasteiger charge is 1.98. The number of ether oxygens (including phenoxy) is 1. The van der Waals surface area contributed by atoms with Crippen molar-refractivity contribution in [3.63, 3.8) is 0 Å². The van der Waals surface area contributed by atoms with Gasteiger partial charge in [-0.25, -0.2) is 4.79 Å². The summed E-state index contributed by atoms with van der Waals surface area (Å²) in [7, 11) is 1.29. The van der Waals surface area contributed by atoms with Crippen molar-refractivity contribution in [2.45, 2.75) is 39.0 Å². The lowest BCUT2D eigenvalue weighted by Crippen LogP contribution is -1.98. The minimum atomic E-state index is -0.480. The van der Waals surface area contributed by atoms with Crippen LogP contribution in [0.5, 0.6) is 0 Å². The van der Waals surface area contributed by atoms with Crippen LogP contribution in [0.15, 0.2) is 12.2 Å². The van der Waals surface area contributed by atoms with Crippen LogP contribution in [0.1, 0.15) is 39.0 Å². The number of carbonyl (C=O) groups excluding carboxylic acids is 2. The van der Waals surface area contributed by atoms with Gasteiger partial charge in [0.1, 0.15) is 0 Å². The third-order valence-electron chi connectivity index (χ3n) is 1.88. The van der Waals surface area contributed by atoms with Gasteiger partial charge < -0.3 is 4.74 Å². The first-order chi connectivity index (χ1) is 6.70. The molecule has 0 aromatic carbocycles. The Hall–Kier alpha value is -1.12. The molecule has 0 aliphatic carbocycles. The maximum absolute atomic E-state index is 11.1. The van der Waals surface area contributed by atoms with Crippen LogP contribution in [-0.2, 0) is 14.3 Å². The number of rotatable bonds is 7. The van der Waals surface area contributed by atoms with Crippen molar-refractivity contribution >= 4 is 11.8 Å². The molecule has 0 spiro atoms. The molecule has 0 saturated carbocycles. The van der Waals surface area contributed by atoms with Crippen molar-refractivity contribution in [1.82, 2.24) is 0 Å². The van der Waals surface area contributed by atoms with Gasteiger partial charge in [0.05, 0.1) is 7.11 Å². The molecule has 0 rings (SSSR count). The van der Waals surface area contributed by atoms with Crippen molar-refractivity contribution in [2.24, 2.45) is 0 Å². The summed E-state index contributed by atoms with van der Waals surface area (Å²) in [6.45, 7) is 2.12. The third kappa shape index (κ3) is 7.53. The molecule has 0 bridgehead atoms. The number of ketones is 1. The topological polar surface area (TPSA) is 43.4 Å². The predicted molar refractivity (Wildman–Crippen MR) is 54.9 cm³/mol. The molecular weight excluding hydrogens is 180 g/mol. The zero-order chi connectivity index (χ0) is 10.8. The highest BCUT2D eigenvalue weighted by atomic mass is 16.5. The number of unbranched alkanes of at least 4 members (excludes halogenated alkanes) is 3. The molecule has 0 aromatic heterocycles. The Labute approximate surface area is 85.1 Å². The van der Waals surface area contributed by atoms with E-state index in [1.165, 1.54) is 19.3 Å². The van der Waals surface area contributed by atoms with E-state index in [1.807, 2.05) is 0 Å². The van der Waals surface area contributed by atoms with Crippen molar-refractivity contribution in [3.8, 4) is 0 Å². The Balaban J connectivity index is 3.55. The number of allylic oxidation sites excluding steroid dienone is 1. The molecule has 14 heavy (non-hydrogen) atoms. The fraction of sp³-hybridized carbons (Fsp3) is 0.636. The van der Waals surface area contributed by atoms with Gasteiger partial charge in [-0.05, 0) is 12.5 Å². The minimum absolute atomic E-state index is 0.00787. The summed E-state index contributed by atoms with van der Waals surface area (Å²) >= 11 is 0. The lowest BCUT2D eigenvalue weighted by Gasteiger charge is -1.95. The molecule has 0 radical (unpaired) electrons. The zero-order valence-electron chi connectivity index (χ0n) is 8.91. The van der Waals surface area contributed by atoms with E-state index in [-0.39, 0.29) is 5.78 Å². The van der Waals surface area contributed by atoms with Gasteiger partial charge in [-0.1, -0.05) is 26.2 Å². The fourth-order valence-corrected chi connectivity index (χ4v) is 1.04. The molecule has 3 heteroatoms. The zero-order valence-corrected chi connectivity index (χ0v) is 8.91. The number of methoxy groups -OCH3 is 1. The fourth-order valence-electron chi connectivity index (χ4n) is 1.04.